The molecule has 25 valence electrons. The van der Waals surface area contributed by atoms with E-state index < -0.39 is 0 Å². The molecule has 0 atom stereocenters. The third-order valence-electron chi connectivity index (χ3n) is 0. The molecule has 0 aromatic heterocycles. The molecule has 0 nitrogen and oxygen atoms in total. The first kappa shape index (κ1) is 31.3. The Balaban J connectivity index is 0. The van der Waals surface area contributed by atoms with Crippen LogP contribution < -0.4 is 0 Å². The van der Waals surface area contributed by atoms with Crippen molar-refractivity contribution in [2.24, 2.45) is 0 Å². The van der Waals surface area contributed by atoms with Gasteiger partial charge >= 0.3 is 0 Å². The molecular weight excluding hydrogens is 192 g/mol. The number of hydrogen-bond acceptors (Lipinski definition) is 0. The van der Waals surface area contributed by atoms with Crippen LogP contribution in [0.3, 0.4) is 0 Å². The number of hydrogen-bond donors (Lipinski definition) is 0. The molecule has 0 aliphatic rings. The Bertz CT molecular complexity index is 8.00. The van der Waals surface area contributed by atoms with Gasteiger partial charge in [-0.3, -0.25) is 0 Å². The van der Waals surface area contributed by atoms with E-state index in [2.05, 4.69) is 0 Å². The first-order chi connectivity index (χ1) is 0. The van der Waals surface area contributed by atoms with Gasteiger partial charge in [-0.25, -0.2) is 0 Å². The molecule has 4 heteroatoms. The Morgan fingerprint density at radius 2 is 1.00 bits per heavy atom. The number of rotatable bonds is 0. The van der Waals surface area contributed by atoms with Gasteiger partial charge in [-0.15, -0.1) is 0 Å². The Hall–Kier alpha value is 2.52. The fourth-order valence-corrected chi connectivity index (χ4v) is 0. The van der Waals surface area contributed by atoms with Crippen LogP contribution in [0.25, 0.3) is 0 Å². The summed E-state index contributed by atoms with van der Waals surface area (Å²) in [5.74, 6) is 0. The quantitative estimate of drug-likeness (QED) is 0.458. The SMILES string of the molecule is [Cu].[Fe].[Mg].[Ti]. The van der Waals surface area contributed by atoms with Crippen LogP contribution in [0.4, 0.5) is 0 Å². The predicted octanol–water partition coefficient (Wildman–Crippen LogP) is -0.388. The van der Waals surface area contributed by atoms with Crippen LogP contribution in [0.5, 0.6) is 0 Å². The molecule has 4 heavy (non-hydrogen) atoms. The second-order valence-electron chi connectivity index (χ2n) is 0. The Morgan fingerprint density at radius 1 is 1.00 bits per heavy atom. The topological polar surface area (TPSA) is 0 Å². The Labute approximate surface area is 77.8 Å². The van der Waals surface area contributed by atoms with E-state index in [9.17, 15) is 0 Å². The first-order valence-corrected chi connectivity index (χ1v) is 0. The van der Waals surface area contributed by atoms with Gasteiger partial charge in [0.2, 0.25) is 0 Å². The smallest absolute Gasteiger partial charge is 0 e. The summed E-state index contributed by atoms with van der Waals surface area (Å²) in [5.41, 5.74) is 0. The molecule has 0 saturated carbocycles. The van der Waals surface area contributed by atoms with E-state index in [-0.39, 0.29) is 78.9 Å². The van der Waals surface area contributed by atoms with Gasteiger partial charge in [-0.05, 0) is 0 Å². The Kier molecular flexibility index (Phi) is 139. The van der Waals surface area contributed by atoms with Crippen molar-refractivity contribution in [2.45, 2.75) is 0 Å². The van der Waals surface area contributed by atoms with Crippen molar-refractivity contribution >= 4 is 23.1 Å². The largest absolute Gasteiger partial charge is 0 e. The maximum absolute atomic E-state index is 0. The van der Waals surface area contributed by atoms with E-state index in [0.29, 0.717) is 0 Å². The van der Waals surface area contributed by atoms with E-state index in [1.807, 2.05) is 0 Å². The molecule has 0 saturated heterocycles. The van der Waals surface area contributed by atoms with Crippen molar-refractivity contribution < 1.29 is 55.9 Å². The molecule has 0 heterocycles. The minimum Gasteiger partial charge on any atom is 0 e. The summed E-state index contributed by atoms with van der Waals surface area (Å²) < 4.78 is 0. The second kappa shape index (κ2) is 17.8. The van der Waals surface area contributed by atoms with Crippen LogP contribution in [0.15, 0.2) is 0 Å². The molecule has 0 aromatic rings. The van der Waals surface area contributed by atoms with Crippen LogP contribution in [0, 0.1) is 0 Å². The van der Waals surface area contributed by atoms with Crippen molar-refractivity contribution in [2.75, 3.05) is 0 Å². The molecule has 0 aliphatic carbocycles. The molecule has 0 rings (SSSR count). The van der Waals surface area contributed by atoms with Crippen LogP contribution in [0.2, 0.25) is 0 Å². The van der Waals surface area contributed by atoms with E-state index in [0.717, 1.165) is 0 Å². The molecule has 0 aromatic carbocycles. The third-order valence-corrected chi connectivity index (χ3v) is 0. The molecule has 0 fully saturated rings. The van der Waals surface area contributed by atoms with Gasteiger partial charge in [0.05, 0.1) is 0 Å². The fourth-order valence-electron chi connectivity index (χ4n) is 0. The molecule has 0 aliphatic heterocycles. The molecule has 0 amide bonds. The Morgan fingerprint density at radius 3 is 1.00 bits per heavy atom. The van der Waals surface area contributed by atoms with Crippen LogP contribution in [-0.4, -0.2) is 23.1 Å². The first-order valence-electron chi connectivity index (χ1n) is 0. The zero-order chi connectivity index (χ0) is 0. The summed E-state index contributed by atoms with van der Waals surface area (Å²) >= 11 is 0. The monoisotopic (exact) mass is 191 g/mol. The van der Waals surface area contributed by atoms with E-state index in [4.69, 9.17) is 0 Å². The molecular formula is CuFeMgTi. The predicted molar refractivity (Wildman–Crippen MR) is 5.75 cm³/mol. The normalized spacial score (nSPS) is 0. The van der Waals surface area contributed by atoms with Crippen molar-refractivity contribution in [3.05, 3.63) is 0 Å². The second-order valence-corrected chi connectivity index (χ2v) is 0. The van der Waals surface area contributed by atoms with Crippen molar-refractivity contribution in [3.63, 3.8) is 0 Å². The molecule has 0 spiro atoms. The van der Waals surface area contributed by atoms with Gasteiger partial charge in [0, 0.05) is 78.9 Å². The van der Waals surface area contributed by atoms with Gasteiger partial charge in [-0.2, -0.15) is 0 Å². The zero-order valence-electron chi connectivity index (χ0n) is 1.86. The van der Waals surface area contributed by atoms with Gasteiger partial charge in [-0.1, -0.05) is 0 Å². The zero-order valence-corrected chi connectivity index (χ0v) is 6.88. The standard InChI is InChI=1S/Cu.Fe.Mg.Ti. The van der Waals surface area contributed by atoms with Crippen molar-refractivity contribution in [1.82, 2.24) is 0 Å². The van der Waals surface area contributed by atoms with Crippen molar-refractivity contribution in [3.8, 4) is 0 Å². The molecule has 0 unspecified atom stereocenters. The van der Waals surface area contributed by atoms with Gasteiger partial charge in [0.25, 0.3) is 0 Å². The summed E-state index contributed by atoms with van der Waals surface area (Å²) in [4.78, 5) is 0. The fraction of sp³-hybridized carbons (Fsp3) is 0. The van der Waals surface area contributed by atoms with Gasteiger partial charge in [0.1, 0.15) is 0 Å². The van der Waals surface area contributed by atoms with Crippen molar-refractivity contribution in [1.29, 1.82) is 0 Å². The molecule has 3 radical (unpaired) electrons. The molecule has 0 N–H and O–H groups in total. The van der Waals surface area contributed by atoms with Gasteiger partial charge in [0.15, 0.2) is 0 Å². The maximum Gasteiger partial charge on any atom is 0 e. The summed E-state index contributed by atoms with van der Waals surface area (Å²) in [6.07, 6.45) is 0. The molecule has 0 bridgehead atoms. The van der Waals surface area contributed by atoms with E-state index in [1.54, 1.807) is 0 Å². The van der Waals surface area contributed by atoms with Crippen LogP contribution >= 0.6 is 0 Å². The third kappa shape index (κ3) is 8.82. The van der Waals surface area contributed by atoms with E-state index >= 15 is 0 Å². The van der Waals surface area contributed by atoms with Crippen LogP contribution in [-0.2, 0) is 55.9 Å². The van der Waals surface area contributed by atoms with Gasteiger partial charge < -0.3 is 0 Å². The average molecular weight is 192 g/mol. The minimum absolute atomic E-state index is 0. The summed E-state index contributed by atoms with van der Waals surface area (Å²) in [6.45, 7) is 0. The maximum atomic E-state index is 0. The van der Waals surface area contributed by atoms with E-state index in [1.165, 1.54) is 0 Å². The summed E-state index contributed by atoms with van der Waals surface area (Å²) in [5, 5.41) is 0. The van der Waals surface area contributed by atoms with Crippen LogP contribution in [0.1, 0.15) is 0 Å². The average Bonchev–Trinajstić information content (AvgIpc) is 0. The minimum atomic E-state index is 0. The summed E-state index contributed by atoms with van der Waals surface area (Å²) in [7, 11) is 0. The summed E-state index contributed by atoms with van der Waals surface area (Å²) in [6, 6.07) is 0.